The van der Waals surface area contributed by atoms with Gasteiger partial charge < -0.3 is 10.1 Å². The van der Waals surface area contributed by atoms with E-state index in [0.717, 1.165) is 6.42 Å². The van der Waals surface area contributed by atoms with E-state index in [-0.39, 0.29) is 23.9 Å². The molecule has 0 aliphatic carbocycles. The van der Waals surface area contributed by atoms with E-state index in [4.69, 9.17) is 16.3 Å². The highest BCUT2D eigenvalue weighted by atomic mass is 35.5. The zero-order chi connectivity index (χ0) is 18.2. The van der Waals surface area contributed by atoms with Crippen LogP contribution >= 0.6 is 11.6 Å². The van der Waals surface area contributed by atoms with Crippen LogP contribution in [0.3, 0.4) is 0 Å². The number of hydrogen-bond donors (Lipinski definition) is 2. The van der Waals surface area contributed by atoms with Crippen LogP contribution in [0.1, 0.15) is 27.2 Å². The van der Waals surface area contributed by atoms with Gasteiger partial charge in [0.05, 0.1) is 4.90 Å². The molecule has 1 rings (SSSR count). The van der Waals surface area contributed by atoms with Gasteiger partial charge in [-0.1, -0.05) is 31.5 Å². The van der Waals surface area contributed by atoms with Crippen molar-refractivity contribution < 1.29 is 17.9 Å². The van der Waals surface area contributed by atoms with E-state index in [2.05, 4.69) is 23.9 Å². The second-order valence-corrected chi connectivity index (χ2v) is 8.05. The molecule has 2 N–H and O–H groups in total. The van der Waals surface area contributed by atoms with Crippen molar-refractivity contribution in [3.63, 3.8) is 0 Å². The van der Waals surface area contributed by atoms with Crippen LogP contribution in [0.15, 0.2) is 29.2 Å². The topological polar surface area (TPSA) is 84.5 Å². The van der Waals surface area contributed by atoms with Crippen molar-refractivity contribution in [3.05, 3.63) is 29.3 Å². The standard InChI is InChI=1S/C16H25ClN2O4S/c1-12(2)7-10-23-13(3)16(20)18-8-9-19-24(21,22)15-6-4-5-14(17)11-15/h4-6,11-13,19H,7-10H2,1-3H3,(H,18,20). The summed E-state index contributed by atoms with van der Waals surface area (Å²) in [5.74, 6) is 0.252. The lowest BCUT2D eigenvalue weighted by Gasteiger charge is -2.14. The van der Waals surface area contributed by atoms with Crippen LogP contribution in [0.2, 0.25) is 5.02 Å². The van der Waals surface area contributed by atoms with Crippen LogP contribution in [0, 0.1) is 5.92 Å². The maximum atomic E-state index is 12.1. The van der Waals surface area contributed by atoms with E-state index in [1.54, 1.807) is 19.1 Å². The first kappa shape index (κ1) is 20.9. The summed E-state index contributed by atoms with van der Waals surface area (Å²) in [6.45, 7) is 6.62. The van der Waals surface area contributed by atoms with Crippen LogP contribution in [0.4, 0.5) is 0 Å². The summed E-state index contributed by atoms with van der Waals surface area (Å²) in [4.78, 5) is 11.9. The van der Waals surface area contributed by atoms with Crippen molar-refractivity contribution >= 4 is 27.5 Å². The number of halogens is 1. The van der Waals surface area contributed by atoms with E-state index in [1.807, 2.05) is 0 Å². The van der Waals surface area contributed by atoms with E-state index < -0.39 is 16.1 Å². The molecule has 0 heterocycles. The molecule has 6 nitrogen and oxygen atoms in total. The Kier molecular flexibility index (Phi) is 8.69. The summed E-state index contributed by atoms with van der Waals surface area (Å²) in [5.41, 5.74) is 0. The fraction of sp³-hybridized carbons (Fsp3) is 0.562. The molecule has 0 radical (unpaired) electrons. The minimum Gasteiger partial charge on any atom is -0.369 e. The molecule has 0 spiro atoms. The van der Waals surface area contributed by atoms with Crippen molar-refractivity contribution in [2.24, 2.45) is 5.92 Å². The highest BCUT2D eigenvalue weighted by Gasteiger charge is 2.15. The predicted molar refractivity (Wildman–Crippen MR) is 94.5 cm³/mol. The third-order valence-corrected chi connectivity index (χ3v) is 4.95. The molecule has 0 aliphatic rings. The molecule has 1 aromatic carbocycles. The first-order valence-corrected chi connectivity index (χ1v) is 9.73. The molecule has 24 heavy (non-hydrogen) atoms. The van der Waals surface area contributed by atoms with Crippen molar-refractivity contribution in [2.45, 2.75) is 38.2 Å². The van der Waals surface area contributed by atoms with E-state index in [9.17, 15) is 13.2 Å². The van der Waals surface area contributed by atoms with E-state index in [1.165, 1.54) is 12.1 Å². The molecule has 0 aromatic heterocycles. The summed E-state index contributed by atoms with van der Waals surface area (Å²) in [6, 6.07) is 5.99. The van der Waals surface area contributed by atoms with Crippen molar-refractivity contribution in [1.29, 1.82) is 0 Å². The fourth-order valence-electron chi connectivity index (χ4n) is 1.79. The summed E-state index contributed by atoms with van der Waals surface area (Å²) >= 11 is 5.79. The monoisotopic (exact) mass is 376 g/mol. The van der Waals surface area contributed by atoms with E-state index in [0.29, 0.717) is 17.5 Å². The van der Waals surface area contributed by atoms with Gasteiger partial charge in [0.2, 0.25) is 15.9 Å². The lowest BCUT2D eigenvalue weighted by Crippen LogP contribution is -2.39. The highest BCUT2D eigenvalue weighted by molar-refractivity contribution is 7.89. The third kappa shape index (κ3) is 7.61. The SMILES string of the molecule is CC(C)CCOC(C)C(=O)NCCNS(=O)(=O)c1cccc(Cl)c1. The van der Waals surface area contributed by atoms with Crippen LogP contribution in [-0.4, -0.2) is 40.1 Å². The van der Waals surface area contributed by atoms with Gasteiger partial charge in [-0.25, -0.2) is 13.1 Å². The number of carbonyl (C=O) groups excluding carboxylic acids is 1. The Hall–Kier alpha value is -1.15. The predicted octanol–water partition coefficient (Wildman–Crippen LogP) is 2.19. The lowest BCUT2D eigenvalue weighted by molar-refractivity contribution is -0.131. The number of hydrogen-bond acceptors (Lipinski definition) is 4. The number of rotatable bonds is 10. The zero-order valence-corrected chi connectivity index (χ0v) is 15.8. The normalized spacial score (nSPS) is 13.0. The number of nitrogens with one attached hydrogen (secondary N) is 2. The van der Waals surface area contributed by atoms with Gasteiger partial charge in [0.25, 0.3) is 0 Å². The van der Waals surface area contributed by atoms with Gasteiger partial charge >= 0.3 is 0 Å². The van der Waals surface area contributed by atoms with Crippen LogP contribution in [0.25, 0.3) is 0 Å². The average Bonchev–Trinajstić information content (AvgIpc) is 2.51. The number of carbonyl (C=O) groups is 1. The molecule has 0 saturated carbocycles. The molecule has 8 heteroatoms. The molecular formula is C16H25ClN2O4S. The molecular weight excluding hydrogens is 352 g/mol. The molecule has 0 bridgehead atoms. The van der Waals surface area contributed by atoms with Gasteiger partial charge in [-0.2, -0.15) is 0 Å². The molecule has 136 valence electrons. The first-order valence-electron chi connectivity index (χ1n) is 7.87. The van der Waals surface area contributed by atoms with Crippen molar-refractivity contribution in [3.8, 4) is 0 Å². The summed E-state index contributed by atoms with van der Waals surface area (Å²) in [7, 11) is -3.64. The van der Waals surface area contributed by atoms with Crippen molar-refractivity contribution in [2.75, 3.05) is 19.7 Å². The number of benzene rings is 1. The highest BCUT2D eigenvalue weighted by Crippen LogP contribution is 2.14. The van der Waals surface area contributed by atoms with Crippen LogP contribution < -0.4 is 10.0 Å². The molecule has 1 aromatic rings. The smallest absolute Gasteiger partial charge is 0.248 e. The maximum Gasteiger partial charge on any atom is 0.248 e. The Morgan fingerprint density at radius 1 is 1.25 bits per heavy atom. The minimum absolute atomic E-state index is 0.0826. The van der Waals surface area contributed by atoms with Gasteiger partial charge in [-0.15, -0.1) is 0 Å². The average molecular weight is 377 g/mol. The quantitative estimate of drug-likeness (QED) is 0.613. The van der Waals surface area contributed by atoms with Crippen LogP contribution in [0.5, 0.6) is 0 Å². The van der Waals surface area contributed by atoms with Gasteiger partial charge in [0.1, 0.15) is 6.10 Å². The maximum absolute atomic E-state index is 12.1. The van der Waals surface area contributed by atoms with Crippen molar-refractivity contribution in [1.82, 2.24) is 10.0 Å². The van der Waals surface area contributed by atoms with Gasteiger partial charge in [0, 0.05) is 24.7 Å². The summed E-state index contributed by atoms with van der Waals surface area (Å²) < 4.78 is 32.0. The van der Waals surface area contributed by atoms with Crippen LogP contribution in [-0.2, 0) is 19.6 Å². The summed E-state index contributed by atoms with van der Waals surface area (Å²) in [6.07, 6.45) is 0.324. The first-order chi connectivity index (χ1) is 11.2. The Balaban J connectivity index is 2.33. The zero-order valence-electron chi connectivity index (χ0n) is 14.2. The Morgan fingerprint density at radius 3 is 2.58 bits per heavy atom. The molecule has 1 amide bonds. The molecule has 0 fully saturated rings. The lowest BCUT2D eigenvalue weighted by atomic mass is 10.1. The Bertz CT molecular complexity index is 635. The number of amides is 1. The fourth-order valence-corrected chi connectivity index (χ4v) is 3.12. The number of ether oxygens (including phenoxy) is 1. The third-order valence-electron chi connectivity index (χ3n) is 3.25. The second kappa shape index (κ2) is 9.98. The minimum atomic E-state index is -3.64. The Labute approximate surface area is 149 Å². The number of sulfonamides is 1. The molecule has 1 unspecified atom stereocenters. The van der Waals surface area contributed by atoms with Gasteiger partial charge in [0.15, 0.2) is 0 Å². The Morgan fingerprint density at radius 2 is 1.96 bits per heavy atom. The largest absolute Gasteiger partial charge is 0.369 e. The molecule has 0 saturated heterocycles. The second-order valence-electron chi connectivity index (χ2n) is 5.84. The van der Waals surface area contributed by atoms with Gasteiger partial charge in [-0.05, 0) is 37.5 Å². The van der Waals surface area contributed by atoms with Gasteiger partial charge in [-0.3, -0.25) is 4.79 Å². The summed E-state index contributed by atoms with van der Waals surface area (Å²) in [5, 5.41) is 2.98. The van der Waals surface area contributed by atoms with E-state index >= 15 is 0 Å². The molecule has 1 atom stereocenters. The molecule has 0 aliphatic heterocycles.